The van der Waals surface area contributed by atoms with Gasteiger partial charge in [0.05, 0.1) is 0 Å². The van der Waals surface area contributed by atoms with Crippen LogP contribution in [0.1, 0.15) is 16.8 Å². The number of piperazine rings is 1. The van der Waals surface area contributed by atoms with Gasteiger partial charge in [-0.1, -0.05) is 18.2 Å². The molecule has 2 N–H and O–H groups in total. The molecule has 3 heterocycles. The number of aromatic nitrogens is 3. The molecule has 1 aromatic carbocycles. The molecule has 8 heteroatoms. The standard InChI is InChI=1S/C23H27N7O/c1-16-6-4-8-19(18(16)3)25-23(31)30-14-12-29(13-15-30)22-11-10-21(27-28-22)26-20-9-5-7-17(2)24-20/h4-11H,12-15H2,1-3H3,(H,25,31)(H,24,26,27). The quantitative estimate of drug-likeness (QED) is 0.670. The first kappa shape index (κ1) is 20.6. The molecule has 0 aliphatic carbocycles. The molecule has 0 bridgehead atoms. The van der Waals surface area contributed by atoms with Crippen LogP contribution < -0.4 is 15.5 Å². The van der Waals surface area contributed by atoms with Crippen LogP contribution in [0.4, 0.5) is 27.9 Å². The molecule has 1 aliphatic heterocycles. The number of pyridine rings is 1. The van der Waals surface area contributed by atoms with Gasteiger partial charge in [-0.15, -0.1) is 10.2 Å². The summed E-state index contributed by atoms with van der Waals surface area (Å²) in [4.78, 5) is 21.1. The van der Waals surface area contributed by atoms with E-state index in [0.717, 1.165) is 34.1 Å². The number of anilines is 4. The summed E-state index contributed by atoms with van der Waals surface area (Å²) in [5, 5.41) is 14.8. The van der Waals surface area contributed by atoms with E-state index in [1.165, 1.54) is 0 Å². The molecule has 160 valence electrons. The number of hydrogen-bond acceptors (Lipinski definition) is 6. The summed E-state index contributed by atoms with van der Waals surface area (Å²) >= 11 is 0. The predicted molar refractivity (Wildman–Crippen MR) is 123 cm³/mol. The molecule has 0 saturated carbocycles. The fraction of sp³-hybridized carbons (Fsp3) is 0.304. The summed E-state index contributed by atoms with van der Waals surface area (Å²) in [5.41, 5.74) is 4.06. The van der Waals surface area contributed by atoms with E-state index in [4.69, 9.17) is 0 Å². The Kier molecular flexibility index (Phi) is 5.97. The summed E-state index contributed by atoms with van der Waals surface area (Å²) in [5.74, 6) is 2.19. The van der Waals surface area contributed by atoms with Gasteiger partial charge in [-0.05, 0) is 62.2 Å². The highest BCUT2D eigenvalue weighted by atomic mass is 16.2. The highest BCUT2D eigenvalue weighted by molar-refractivity contribution is 5.90. The first-order chi connectivity index (χ1) is 15.0. The molecular formula is C23H27N7O. The van der Waals surface area contributed by atoms with Gasteiger partial charge in [-0.3, -0.25) is 0 Å². The van der Waals surface area contributed by atoms with Crippen LogP contribution in [-0.2, 0) is 0 Å². The summed E-state index contributed by atoms with van der Waals surface area (Å²) in [6, 6.07) is 15.5. The lowest BCUT2D eigenvalue weighted by Gasteiger charge is -2.35. The lowest BCUT2D eigenvalue weighted by Crippen LogP contribution is -2.50. The molecule has 2 amide bonds. The van der Waals surface area contributed by atoms with Crippen molar-refractivity contribution in [3.8, 4) is 0 Å². The molecule has 1 saturated heterocycles. The maximum Gasteiger partial charge on any atom is 0.321 e. The zero-order chi connectivity index (χ0) is 21.8. The lowest BCUT2D eigenvalue weighted by molar-refractivity contribution is 0.208. The van der Waals surface area contributed by atoms with Gasteiger partial charge in [0.15, 0.2) is 11.6 Å². The van der Waals surface area contributed by atoms with Crippen molar-refractivity contribution in [1.82, 2.24) is 20.1 Å². The van der Waals surface area contributed by atoms with E-state index in [1.54, 1.807) is 0 Å². The SMILES string of the molecule is Cc1cccc(Nc2ccc(N3CCN(C(=O)Nc4cccc(C)c4C)CC3)nn2)n1. The fourth-order valence-electron chi connectivity index (χ4n) is 3.52. The molecule has 0 unspecified atom stereocenters. The second-order valence-corrected chi connectivity index (χ2v) is 7.72. The van der Waals surface area contributed by atoms with E-state index in [0.29, 0.717) is 32.0 Å². The van der Waals surface area contributed by atoms with E-state index in [9.17, 15) is 4.79 Å². The Balaban J connectivity index is 1.32. The number of nitrogens with zero attached hydrogens (tertiary/aromatic N) is 5. The lowest BCUT2D eigenvalue weighted by atomic mass is 10.1. The smallest absolute Gasteiger partial charge is 0.321 e. The van der Waals surface area contributed by atoms with E-state index in [2.05, 4.69) is 30.7 Å². The molecule has 3 aromatic rings. The van der Waals surface area contributed by atoms with Crippen molar-refractivity contribution in [3.63, 3.8) is 0 Å². The largest absolute Gasteiger partial charge is 0.352 e. The summed E-state index contributed by atoms with van der Waals surface area (Å²) in [6.45, 7) is 8.69. The van der Waals surface area contributed by atoms with Crippen molar-refractivity contribution in [2.75, 3.05) is 41.7 Å². The highest BCUT2D eigenvalue weighted by Crippen LogP contribution is 2.20. The van der Waals surface area contributed by atoms with Crippen LogP contribution in [0.15, 0.2) is 48.5 Å². The van der Waals surface area contributed by atoms with Gasteiger partial charge in [0.2, 0.25) is 0 Å². The monoisotopic (exact) mass is 417 g/mol. The van der Waals surface area contributed by atoms with Gasteiger partial charge in [0.1, 0.15) is 5.82 Å². The third-order valence-corrected chi connectivity index (χ3v) is 5.53. The third kappa shape index (κ3) is 4.91. The Labute approximate surface area is 182 Å². The van der Waals surface area contributed by atoms with Crippen molar-refractivity contribution in [2.45, 2.75) is 20.8 Å². The Morgan fingerprint density at radius 2 is 1.65 bits per heavy atom. The fourth-order valence-corrected chi connectivity index (χ4v) is 3.52. The Bertz CT molecular complexity index is 1060. The first-order valence-electron chi connectivity index (χ1n) is 10.4. The molecule has 0 spiro atoms. The molecule has 1 aliphatic rings. The average Bonchev–Trinajstić information content (AvgIpc) is 2.78. The minimum Gasteiger partial charge on any atom is -0.352 e. The van der Waals surface area contributed by atoms with Crippen molar-refractivity contribution in [3.05, 3.63) is 65.4 Å². The minimum absolute atomic E-state index is 0.0652. The second-order valence-electron chi connectivity index (χ2n) is 7.72. The van der Waals surface area contributed by atoms with Crippen molar-refractivity contribution in [1.29, 1.82) is 0 Å². The van der Waals surface area contributed by atoms with E-state index < -0.39 is 0 Å². The maximum atomic E-state index is 12.7. The Morgan fingerprint density at radius 3 is 2.35 bits per heavy atom. The molecule has 1 fully saturated rings. The molecule has 4 rings (SSSR count). The number of amides is 2. The van der Waals surface area contributed by atoms with Crippen molar-refractivity contribution < 1.29 is 4.79 Å². The number of urea groups is 1. The van der Waals surface area contributed by atoms with E-state index >= 15 is 0 Å². The van der Waals surface area contributed by atoms with Gasteiger partial charge in [-0.25, -0.2) is 9.78 Å². The third-order valence-electron chi connectivity index (χ3n) is 5.53. The van der Waals surface area contributed by atoms with Crippen LogP contribution in [0.5, 0.6) is 0 Å². The van der Waals surface area contributed by atoms with E-state index in [-0.39, 0.29) is 6.03 Å². The van der Waals surface area contributed by atoms with Crippen LogP contribution in [0.25, 0.3) is 0 Å². The molecular weight excluding hydrogens is 390 g/mol. The topological polar surface area (TPSA) is 86.3 Å². The second kappa shape index (κ2) is 8.99. The predicted octanol–water partition coefficient (Wildman–Crippen LogP) is 3.89. The van der Waals surface area contributed by atoms with Gasteiger partial charge in [-0.2, -0.15) is 0 Å². The number of benzene rings is 1. The number of carbonyl (C=O) groups excluding carboxylic acids is 1. The Morgan fingerprint density at radius 1 is 0.871 bits per heavy atom. The van der Waals surface area contributed by atoms with Crippen LogP contribution in [0.3, 0.4) is 0 Å². The Hall–Kier alpha value is -3.68. The number of nitrogens with one attached hydrogen (secondary N) is 2. The van der Waals surface area contributed by atoms with Crippen LogP contribution in [0, 0.1) is 20.8 Å². The summed E-state index contributed by atoms with van der Waals surface area (Å²) < 4.78 is 0. The minimum atomic E-state index is -0.0652. The zero-order valence-corrected chi connectivity index (χ0v) is 18.1. The van der Waals surface area contributed by atoms with Gasteiger partial charge in [0.25, 0.3) is 0 Å². The molecule has 0 radical (unpaired) electrons. The molecule has 31 heavy (non-hydrogen) atoms. The maximum absolute atomic E-state index is 12.7. The van der Waals surface area contributed by atoms with Gasteiger partial charge >= 0.3 is 6.03 Å². The number of aryl methyl sites for hydroxylation is 2. The zero-order valence-electron chi connectivity index (χ0n) is 18.1. The molecule has 8 nitrogen and oxygen atoms in total. The summed E-state index contributed by atoms with van der Waals surface area (Å²) in [7, 11) is 0. The number of carbonyl (C=O) groups is 1. The summed E-state index contributed by atoms with van der Waals surface area (Å²) in [6.07, 6.45) is 0. The molecule has 0 atom stereocenters. The van der Waals surface area contributed by atoms with Crippen LogP contribution >= 0.6 is 0 Å². The average molecular weight is 418 g/mol. The normalized spacial score (nSPS) is 13.8. The van der Waals surface area contributed by atoms with Gasteiger partial charge in [0, 0.05) is 37.6 Å². The van der Waals surface area contributed by atoms with Crippen molar-refractivity contribution in [2.24, 2.45) is 0 Å². The van der Waals surface area contributed by atoms with Crippen LogP contribution in [0.2, 0.25) is 0 Å². The van der Waals surface area contributed by atoms with Crippen molar-refractivity contribution >= 4 is 29.2 Å². The number of hydrogen-bond donors (Lipinski definition) is 2. The van der Waals surface area contributed by atoms with E-state index in [1.807, 2.05) is 74.2 Å². The molecule has 2 aromatic heterocycles. The first-order valence-corrected chi connectivity index (χ1v) is 10.4. The van der Waals surface area contributed by atoms with Gasteiger partial charge < -0.3 is 20.4 Å². The highest BCUT2D eigenvalue weighted by Gasteiger charge is 2.22. The van der Waals surface area contributed by atoms with Crippen LogP contribution in [-0.4, -0.2) is 52.3 Å². The number of rotatable bonds is 4.